The number of hydrogen-bond acceptors (Lipinski definition) is 6. The summed E-state index contributed by atoms with van der Waals surface area (Å²) in [5.74, 6) is 0.267. The Morgan fingerprint density at radius 3 is 2.67 bits per heavy atom. The zero-order chi connectivity index (χ0) is 17.3. The van der Waals surface area contributed by atoms with E-state index in [1.807, 2.05) is 0 Å². The summed E-state index contributed by atoms with van der Waals surface area (Å²) in [4.78, 5) is 30.4. The zero-order valence-electron chi connectivity index (χ0n) is 13.9. The molecule has 1 aromatic carbocycles. The molecule has 0 saturated heterocycles. The summed E-state index contributed by atoms with van der Waals surface area (Å²) in [5.41, 5.74) is 0.866. The Kier molecular flexibility index (Phi) is 4.33. The molecule has 7 nitrogen and oxygen atoms in total. The van der Waals surface area contributed by atoms with E-state index in [9.17, 15) is 9.59 Å². The number of hydrogen-bond donors (Lipinski definition) is 0. The zero-order valence-corrected chi connectivity index (χ0v) is 13.9. The molecule has 1 fully saturated rings. The van der Waals surface area contributed by atoms with E-state index in [4.69, 9.17) is 9.26 Å². The number of aryl methyl sites for hydroxylation is 1. The fourth-order valence-corrected chi connectivity index (χ4v) is 2.41. The van der Waals surface area contributed by atoms with Crippen molar-refractivity contribution in [3.63, 3.8) is 0 Å². The highest BCUT2D eigenvalue weighted by Gasteiger charge is 2.33. The second kappa shape index (κ2) is 6.43. The van der Waals surface area contributed by atoms with E-state index in [1.165, 1.54) is 4.90 Å². The molecule has 1 unspecified atom stereocenters. The molecule has 0 aliphatic heterocycles. The Balaban J connectivity index is 1.78. The number of carbonyl (C=O) groups excluding carboxylic acids is 2. The van der Waals surface area contributed by atoms with Crippen LogP contribution in [0.15, 0.2) is 28.8 Å². The number of aromatic nitrogens is 2. The van der Waals surface area contributed by atoms with E-state index in [-0.39, 0.29) is 17.7 Å². The number of nitrogens with zero attached hydrogens (tertiary/aromatic N) is 3. The molecular formula is C17H19N3O4. The molecule has 3 rings (SSSR count). The largest absolute Gasteiger partial charge is 0.449 e. The number of para-hydroxylation sites is 1. The molecule has 0 radical (unpaired) electrons. The van der Waals surface area contributed by atoms with Gasteiger partial charge in [0.25, 0.3) is 5.89 Å². The van der Waals surface area contributed by atoms with Crippen LogP contribution in [0, 0.1) is 12.8 Å². The molecule has 1 aliphatic carbocycles. The molecular weight excluding hydrogens is 310 g/mol. The van der Waals surface area contributed by atoms with E-state index < -0.39 is 12.1 Å². The van der Waals surface area contributed by atoms with Gasteiger partial charge in [0.15, 0.2) is 11.9 Å². The van der Waals surface area contributed by atoms with E-state index in [0.29, 0.717) is 17.1 Å². The molecule has 1 saturated carbocycles. The normalized spacial score (nSPS) is 15.0. The van der Waals surface area contributed by atoms with E-state index >= 15 is 0 Å². The standard InChI is InChI=1S/C17H19N3O4/c1-10(15-18-11(2)19-24-15)23-17(22)13-6-4-5-7-14(13)20(3)16(21)12-8-9-12/h4-7,10,12H,8-9H2,1-3H3. The van der Waals surface area contributed by atoms with Crippen LogP contribution in [0.25, 0.3) is 0 Å². The Bertz CT molecular complexity index is 767. The maximum atomic E-state index is 12.5. The van der Waals surface area contributed by atoms with Crippen molar-refractivity contribution in [1.29, 1.82) is 0 Å². The van der Waals surface area contributed by atoms with Crippen LogP contribution in [0.1, 0.15) is 47.9 Å². The average molecular weight is 329 g/mol. The minimum absolute atomic E-state index is 0.0239. The summed E-state index contributed by atoms with van der Waals surface area (Å²) in [6.07, 6.45) is 1.14. The van der Waals surface area contributed by atoms with Crippen molar-refractivity contribution >= 4 is 17.6 Å². The van der Waals surface area contributed by atoms with Gasteiger partial charge in [-0.05, 0) is 38.8 Å². The first-order chi connectivity index (χ1) is 11.5. The molecule has 0 bridgehead atoms. The lowest BCUT2D eigenvalue weighted by Gasteiger charge is -2.20. The quantitative estimate of drug-likeness (QED) is 0.784. The first-order valence-electron chi connectivity index (χ1n) is 7.85. The van der Waals surface area contributed by atoms with Gasteiger partial charge in [-0.25, -0.2) is 4.79 Å². The van der Waals surface area contributed by atoms with Gasteiger partial charge in [0, 0.05) is 13.0 Å². The van der Waals surface area contributed by atoms with Gasteiger partial charge >= 0.3 is 5.97 Å². The summed E-state index contributed by atoms with van der Waals surface area (Å²) in [6, 6.07) is 6.89. The maximum Gasteiger partial charge on any atom is 0.341 e. The highest BCUT2D eigenvalue weighted by atomic mass is 16.6. The van der Waals surface area contributed by atoms with Crippen LogP contribution in [0.4, 0.5) is 5.69 Å². The first kappa shape index (κ1) is 16.2. The van der Waals surface area contributed by atoms with E-state index in [0.717, 1.165) is 12.8 Å². The predicted octanol–water partition coefficient (Wildman–Crippen LogP) is 2.67. The minimum atomic E-state index is -0.670. The third-order valence-corrected chi connectivity index (χ3v) is 3.92. The summed E-state index contributed by atoms with van der Waals surface area (Å²) in [5, 5.41) is 3.68. The fraction of sp³-hybridized carbons (Fsp3) is 0.412. The Morgan fingerprint density at radius 1 is 1.33 bits per heavy atom. The van der Waals surface area contributed by atoms with Gasteiger partial charge in [-0.1, -0.05) is 17.3 Å². The van der Waals surface area contributed by atoms with Crippen molar-refractivity contribution in [2.45, 2.75) is 32.8 Å². The molecule has 1 amide bonds. The molecule has 2 aromatic rings. The van der Waals surface area contributed by atoms with Crippen molar-refractivity contribution in [3.8, 4) is 0 Å². The molecule has 1 aromatic heterocycles. The number of benzene rings is 1. The lowest BCUT2D eigenvalue weighted by atomic mass is 10.1. The van der Waals surface area contributed by atoms with Crippen LogP contribution in [-0.4, -0.2) is 29.1 Å². The highest BCUT2D eigenvalue weighted by molar-refractivity contribution is 6.03. The molecule has 1 aliphatic rings. The van der Waals surface area contributed by atoms with Gasteiger partial charge < -0.3 is 14.2 Å². The topological polar surface area (TPSA) is 85.5 Å². The monoisotopic (exact) mass is 329 g/mol. The molecule has 0 N–H and O–H groups in total. The molecule has 24 heavy (non-hydrogen) atoms. The Hall–Kier alpha value is -2.70. The predicted molar refractivity (Wildman–Crippen MR) is 85.4 cm³/mol. The van der Waals surface area contributed by atoms with Crippen LogP contribution in [-0.2, 0) is 9.53 Å². The summed E-state index contributed by atoms with van der Waals surface area (Å²) >= 11 is 0. The summed E-state index contributed by atoms with van der Waals surface area (Å²) < 4.78 is 10.4. The Labute approximate surface area is 139 Å². The van der Waals surface area contributed by atoms with Gasteiger partial charge in [0.05, 0.1) is 11.3 Å². The second-order valence-corrected chi connectivity index (χ2v) is 5.92. The van der Waals surface area contributed by atoms with Crippen LogP contribution < -0.4 is 4.90 Å². The number of carbonyl (C=O) groups is 2. The third-order valence-electron chi connectivity index (χ3n) is 3.92. The SMILES string of the molecule is Cc1noc(C(C)OC(=O)c2ccccc2N(C)C(=O)C2CC2)n1. The number of anilines is 1. The molecule has 1 atom stereocenters. The fourth-order valence-electron chi connectivity index (χ4n) is 2.41. The van der Waals surface area contributed by atoms with Gasteiger partial charge in [0.2, 0.25) is 5.91 Å². The van der Waals surface area contributed by atoms with Crippen LogP contribution in [0.2, 0.25) is 0 Å². The number of rotatable bonds is 5. The summed E-state index contributed by atoms with van der Waals surface area (Å²) in [6.45, 7) is 3.35. The van der Waals surface area contributed by atoms with Gasteiger partial charge in [-0.15, -0.1) is 0 Å². The van der Waals surface area contributed by atoms with Gasteiger partial charge in [-0.3, -0.25) is 4.79 Å². The van der Waals surface area contributed by atoms with Crippen molar-refractivity contribution in [2.24, 2.45) is 5.92 Å². The molecule has 0 spiro atoms. The minimum Gasteiger partial charge on any atom is -0.449 e. The van der Waals surface area contributed by atoms with Crippen LogP contribution in [0.5, 0.6) is 0 Å². The van der Waals surface area contributed by atoms with Crippen molar-refractivity contribution in [3.05, 3.63) is 41.5 Å². The maximum absolute atomic E-state index is 12.5. The second-order valence-electron chi connectivity index (χ2n) is 5.92. The number of ether oxygens (including phenoxy) is 1. The van der Waals surface area contributed by atoms with E-state index in [1.54, 1.807) is 45.2 Å². The molecule has 1 heterocycles. The van der Waals surface area contributed by atoms with Crippen LogP contribution in [0.3, 0.4) is 0 Å². The molecule has 7 heteroatoms. The third kappa shape index (κ3) is 3.29. The molecule has 126 valence electrons. The van der Waals surface area contributed by atoms with Crippen molar-refractivity contribution < 1.29 is 18.8 Å². The van der Waals surface area contributed by atoms with Crippen molar-refractivity contribution in [2.75, 3.05) is 11.9 Å². The number of amides is 1. The van der Waals surface area contributed by atoms with E-state index in [2.05, 4.69) is 10.1 Å². The lowest BCUT2D eigenvalue weighted by molar-refractivity contribution is -0.119. The highest BCUT2D eigenvalue weighted by Crippen LogP contribution is 2.33. The lowest BCUT2D eigenvalue weighted by Crippen LogP contribution is -2.29. The average Bonchev–Trinajstić information content (AvgIpc) is 3.34. The van der Waals surface area contributed by atoms with Gasteiger partial charge in [-0.2, -0.15) is 4.98 Å². The first-order valence-corrected chi connectivity index (χ1v) is 7.85. The summed E-state index contributed by atoms with van der Waals surface area (Å²) in [7, 11) is 1.68. The number of esters is 1. The van der Waals surface area contributed by atoms with Crippen LogP contribution >= 0.6 is 0 Å². The van der Waals surface area contributed by atoms with Crippen molar-refractivity contribution in [1.82, 2.24) is 10.1 Å². The Morgan fingerprint density at radius 2 is 2.04 bits per heavy atom. The van der Waals surface area contributed by atoms with Gasteiger partial charge in [0.1, 0.15) is 0 Å². The smallest absolute Gasteiger partial charge is 0.341 e.